The highest BCUT2D eigenvalue weighted by molar-refractivity contribution is 5.95. The molecule has 1 heterocycles. The van der Waals surface area contributed by atoms with Gasteiger partial charge in [0.1, 0.15) is 0 Å². The third kappa shape index (κ3) is 4.10. The van der Waals surface area contributed by atoms with Crippen LogP contribution in [0.2, 0.25) is 0 Å². The van der Waals surface area contributed by atoms with Gasteiger partial charge in [-0.05, 0) is 31.2 Å². The van der Waals surface area contributed by atoms with Crippen LogP contribution in [0.4, 0.5) is 5.69 Å². The fourth-order valence-corrected chi connectivity index (χ4v) is 3.29. The maximum absolute atomic E-state index is 12.5. The quantitative estimate of drug-likeness (QED) is 0.850. The number of esters is 1. The van der Waals surface area contributed by atoms with E-state index in [9.17, 15) is 9.59 Å². The molecule has 1 amide bonds. The second-order valence-corrected chi connectivity index (χ2v) is 6.29. The first-order chi connectivity index (χ1) is 12.2. The lowest BCUT2D eigenvalue weighted by Gasteiger charge is -2.31. The summed E-state index contributed by atoms with van der Waals surface area (Å²) in [6.07, 6.45) is 1.36. The van der Waals surface area contributed by atoms with Crippen molar-refractivity contribution >= 4 is 28.3 Å². The fourth-order valence-electron chi connectivity index (χ4n) is 3.29. The van der Waals surface area contributed by atoms with Crippen LogP contribution in [0.15, 0.2) is 42.5 Å². The van der Waals surface area contributed by atoms with Gasteiger partial charge in [-0.1, -0.05) is 36.4 Å². The molecule has 3 rings (SSSR count). The molecule has 0 radical (unpaired) electrons. The van der Waals surface area contributed by atoms with Gasteiger partial charge in [-0.3, -0.25) is 9.59 Å². The van der Waals surface area contributed by atoms with Crippen molar-refractivity contribution in [2.45, 2.75) is 19.8 Å². The summed E-state index contributed by atoms with van der Waals surface area (Å²) in [5.74, 6) is -0.145. The Balaban J connectivity index is 1.54. The maximum atomic E-state index is 12.5. The molecule has 0 unspecified atom stereocenters. The summed E-state index contributed by atoms with van der Waals surface area (Å²) in [5, 5.41) is 5.51. The summed E-state index contributed by atoms with van der Waals surface area (Å²) in [4.78, 5) is 26.1. The summed E-state index contributed by atoms with van der Waals surface area (Å²) in [7, 11) is 0. The van der Waals surface area contributed by atoms with Crippen molar-refractivity contribution in [3.63, 3.8) is 0 Å². The number of nitrogens with one attached hydrogen (secondary N) is 1. The molecule has 0 bridgehead atoms. The molecule has 132 valence electrons. The molecule has 0 saturated carbocycles. The van der Waals surface area contributed by atoms with Gasteiger partial charge in [-0.2, -0.15) is 0 Å². The summed E-state index contributed by atoms with van der Waals surface area (Å²) in [5.41, 5.74) is 0.966. The van der Waals surface area contributed by atoms with Gasteiger partial charge in [0.25, 0.3) is 0 Å². The smallest absolute Gasteiger partial charge is 0.309 e. The van der Waals surface area contributed by atoms with Crippen molar-refractivity contribution in [2.75, 3.05) is 31.6 Å². The SMILES string of the molecule is CCOC(=O)C1CCN(C(=O)CNc2cccc3ccccc23)CC1. The predicted octanol–water partition coefficient (Wildman–Crippen LogP) is 3.05. The first kappa shape index (κ1) is 17.3. The lowest BCUT2D eigenvalue weighted by Crippen LogP contribution is -2.43. The minimum absolute atomic E-state index is 0.0650. The van der Waals surface area contributed by atoms with Crippen molar-refractivity contribution in [3.8, 4) is 0 Å². The van der Waals surface area contributed by atoms with E-state index in [0.29, 0.717) is 32.5 Å². The van der Waals surface area contributed by atoms with Crippen LogP contribution in [0, 0.1) is 5.92 Å². The van der Waals surface area contributed by atoms with Crippen LogP contribution in [-0.4, -0.2) is 43.0 Å². The van der Waals surface area contributed by atoms with E-state index in [0.717, 1.165) is 16.5 Å². The summed E-state index contributed by atoms with van der Waals surface area (Å²) in [6, 6.07) is 14.1. The monoisotopic (exact) mass is 340 g/mol. The Morgan fingerprint density at radius 2 is 1.84 bits per heavy atom. The van der Waals surface area contributed by atoms with Crippen molar-refractivity contribution in [1.82, 2.24) is 4.90 Å². The zero-order chi connectivity index (χ0) is 17.6. The van der Waals surface area contributed by atoms with Crippen LogP contribution in [0.25, 0.3) is 10.8 Å². The Labute approximate surface area is 148 Å². The molecule has 1 aliphatic rings. The number of hydrogen-bond donors (Lipinski definition) is 1. The number of amides is 1. The second kappa shape index (κ2) is 8.01. The number of rotatable bonds is 5. The van der Waals surface area contributed by atoms with Crippen LogP contribution >= 0.6 is 0 Å². The summed E-state index contributed by atoms with van der Waals surface area (Å²) >= 11 is 0. The largest absolute Gasteiger partial charge is 0.466 e. The fraction of sp³-hybridized carbons (Fsp3) is 0.400. The number of piperidine rings is 1. The Kier molecular flexibility index (Phi) is 5.53. The van der Waals surface area contributed by atoms with E-state index in [1.54, 1.807) is 0 Å². The van der Waals surface area contributed by atoms with E-state index in [4.69, 9.17) is 4.74 Å². The molecule has 5 heteroatoms. The Morgan fingerprint density at radius 1 is 1.12 bits per heavy atom. The van der Waals surface area contributed by atoms with E-state index in [-0.39, 0.29) is 24.3 Å². The van der Waals surface area contributed by atoms with Crippen LogP contribution < -0.4 is 5.32 Å². The van der Waals surface area contributed by atoms with Crippen molar-refractivity contribution in [2.24, 2.45) is 5.92 Å². The molecular formula is C20H24N2O3. The zero-order valence-electron chi connectivity index (χ0n) is 14.5. The van der Waals surface area contributed by atoms with Gasteiger partial charge in [-0.15, -0.1) is 0 Å². The topological polar surface area (TPSA) is 58.6 Å². The third-order valence-corrected chi connectivity index (χ3v) is 4.69. The number of likely N-dealkylation sites (tertiary alicyclic amines) is 1. The van der Waals surface area contributed by atoms with Gasteiger partial charge < -0.3 is 15.0 Å². The number of nitrogens with zero attached hydrogens (tertiary/aromatic N) is 1. The average molecular weight is 340 g/mol. The number of fused-ring (bicyclic) bond motifs is 1. The first-order valence-corrected chi connectivity index (χ1v) is 8.85. The van der Waals surface area contributed by atoms with Crippen LogP contribution in [0.3, 0.4) is 0 Å². The molecule has 1 aliphatic heterocycles. The van der Waals surface area contributed by atoms with Gasteiger partial charge >= 0.3 is 5.97 Å². The molecule has 25 heavy (non-hydrogen) atoms. The summed E-state index contributed by atoms with van der Waals surface area (Å²) < 4.78 is 5.07. The highest BCUT2D eigenvalue weighted by Gasteiger charge is 2.27. The number of benzene rings is 2. The molecule has 0 aromatic heterocycles. The van der Waals surface area contributed by atoms with Gasteiger partial charge in [0.05, 0.1) is 19.1 Å². The van der Waals surface area contributed by atoms with E-state index < -0.39 is 0 Å². The van der Waals surface area contributed by atoms with Gasteiger partial charge in [-0.25, -0.2) is 0 Å². The van der Waals surface area contributed by atoms with Crippen LogP contribution in [0.5, 0.6) is 0 Å². The molecule has 1 fully saturated rings. The molecule has 2 aromatic rings. The van der Waals surface area contributed by atoms with Crippen molar-refractivity contribution in [3.05, 3.63) is 42.5 Å². The van der Waals surface area contributed by atoms with E-state index in [2.05, 4.69) is 17.4 Å². The minimum Gasteiger partial charge on any atom is -0.466 e. The first-order valence-electron chi connectivity index (χ1n) is 8.85. The average Bonchev–Trinajstić information content (AvgIpc) is 2.66. The number of carbonyl (C=O) groups is 2. The molecule has 0 atom stereocenters. The standard InChI is InChI=1S/C20H24N2O3/c1-2-25-20(24)16-10-12-22(13-11-16)19(23)14-21-18-9-5-7-15-6-3-4-8-17(15)18/h3-9,16,21H,2,10-14H2,1H3. The van der Waals surface area contributed by atoms with Crippen LogP contribution in [-0.2, 0) is 14.3 Å². The lowest BCUT2D eigenvalue weighted by molar-refractivity contribution is -0.151. The molecule has 1 N–H and O–H groups in total. The normalized spacial score (nSPS) is 15.2. The number of anilines is 1. The van der Waals surface area contributed by atoms with Gasteiger partial charge in [0.15, 0.2) is 0 Å². The molecular weight excluding hydrogens is 316 g/mol. The molecule has 0 aliphatic carbocycles. The van der Waals surface area contributed by atoms with E-state index in [1.165, 1.54) is 0 Å². The number of ether oxygens (including phenoxy) is 1. The summed E-state index contributed by atoms with van der Waals surface area (Å²) in [6.45, 7) is 3.71. The Bertz CT molecular complexity index is 746. The third-order valence-electron chi connectivity index (χ3n) is 4.69. The molecule has 1 saturated heterocycles. The number of carbonyl (C=O) groups excluding carboxylic acids is 2. The molecule has 2 aromatic carbocycles. The van der Waals surface area contributed by atoms with E-state index in [1.807, 2.05) is 42.2 Å². The Hall–Kier alpha value is -2.56. The minimum atomic E-state index is -0.136. The number of hydrogen-bond acceptors (Lipinski definition) is 4. The predicted molar refractivity (Wildman–Crippen MR) is 98.4 cm³/mol. The lowest BCUT2D eigenvalue weighted by atomic mass is 9.97. The highest BCUT2D eigenvalue weighted by Crippen LogP contribution is 2.23. The second-order valence-electron chi connectivity index (χ2n) is 6.29. The molecule has 0 spiro atoms. The van der Waals surface area contributed by atoms with Crippen molar-refractivity contribution in [1.29, 1.82) is 0 Å². The van der Waals surface area contributed by atoms with Gasteiger partial charge in [0, 0.05) is 24.2 Å². The van der Waals surface area contributed by atoms with Gasteiger partial charge in [0.2, 0.25) is 5.91 Å². The Morgan fingerprint density at radius 3 is 2.60 bits per heavy atom. The highest BCUT2D eigenvalue weighted by atomic mass is 16.5. The maximum Gasteiger partial charge on any atom is 0.309 e. The van der Waals surface area contributed by atoms with E-state index >= 15 is 0 Å². The molecule has 5 nitrogen and oxygen atoms in total. The zero-order valence-corrected chi connectivity index (χ0v) is 14.5. The van der Waals surface area contributed by atoms with Crippen molar-refractivity contribution < 1.29 is 14.3 Å². The van der Waals surface area contributed by atoms with Crippen LogP contribution in [0.1, 0.15) is 19.8 Å².